The molecule has 30 heavy (non-hydrogen) atoms. The third-order valence-electron chi connectivity index (χ3n) is 10.3. The Morgan fingerprint density at radius 1 is 1.07 bits per heavy atom. The van der Waals surface area contributed by atoms with Crippen molar-refractivity contribution in [3.05, 3.63) is 11.6 Å². The predicted molar refractivity (Wildman–Crippen MR) is 115 cm³/mol. The first-order valence-corrected chi connectivity index (χ1v) is 12.4. The molecule has 0 heterocycles. The van der Waals surface area contributed by atoms with Crippen LogP contribution in [0.4, 0.5) is 13.2 Å². The lowest BCUT2D eigenvalue weighted by Crippen LogP contribution is -2.51. The molecule has 4 rings (SSSR count). The molecule has 0 bridgehead atoms. The summed E-state index contributed by atoms with van der Waals surface area (Å²) in [5.74, 6) is 1.58. The van der Waals surface area contributed by atoms with Crippen LogP contribution in [0.15, 0.2) is 11.6 Å². The molecule has 0 amide bonds. The molecule has 1 nitrogen and oxygen atoms in total. The van der Waals surface area contributed by atoms with Crippen LogP contribution in [0.25, 0.3) is 0 Å². The number of alkyl halides is 3. The van der Waals surface area contributed by atoms with E-state index in [9.17, 15) is 18.3 Å². The second-order valence-corrected chi connectivity index (χ2v) is 12.1. The molecular weight excluding hydrogens is 385 g/mol. The average molecular weight is 427 g/mol. The van der Waals surface area contributed by atoms with Gasteiger partial charge in [-0.15, -0.1) is 0 Å². The molecule has 0 saturated heterocycles. The minimum absolute atomic E-state index is 0.243. The fourth-order valence-electron chi connectivity index (χ4n) is 8.22. The van der Waals surface area contributed by atoms with Crippen LogP contribution in [-0.2, 0) is 0 Å². The molecule has 0 aromatic carbocycles. The standard InChI is InChI=1S/C26H41F3O/c1-17(26(27,28)29)6-5-7-18-9-11-21-20-10-8-19-16-23(2,30)14-15-25(19,4)22(20)12-13-24(18,21)3/h8,17-18,20-22,30H,5-7,9-16H2,1-4H3/t17?,18-,20?,21?,22?,23-,24?,25?/m0/s1. The predicted octanol–water partition coefficient (Wildman–Crippen LogP) is 7.69. The summed E-state index contributed by atoms with van der Waals surface area (Å²) < 4.78 is 38.6. The van der Waals surface area contributed by atoms with Gasteiger partial charge in [0, 0.05) is 0 Å². The van der Waals surface area contributed by atoms with Gasteiger partial charge < -0.3 is 5.11 Å². The van der Waals surface area contributed by atoms with E-state index in [1.165, 1.54) is 38.2 Å². The van der Waals surface area contributed by atoms with Gasteiger partial charge in [0.1, 0.15) is 0 Å². The van der Waals surface area contributed by atoms with Gasteiger partial charge in [0.2, 0.25) is 0 Å². The largest absolute Gasteiger partial charge is 0.391 e. The molecule has 4 heteroatoms. The molecule has 0 radical (unpaired) electrons. The Kier molecular flexibility index (Phi) is 5.69. The zero-order chi connectivity index (χ0) is 21.9. The van der Waals surface area contributed by atoms with E-state index >= 15 is 0 Å². The number of hydrogen-bond donors (Lipinski definition) is 1. The Morgan fingerprint density at radius 3 is 2.50 bits per heavy atom. The van der Waals surface area contributed by atoms with Gasteiger partial charge in [-0.3, -0.25) is 0 Å². The fraction of sp³-hybridized carbons (Fsp3) is 0.923. The number of hydrogen-bond acceptors (Lipinski definition) is 1. The first-order chi connectivity index (χ1) is 13.9. The molecule has 6 unspecified atom stereocenters. The van der Waals surface area contributed by atoms with Crippen LogP contribution < -0.4 is 0 Å². The summed E-state index contributed by atoms with van der Waals surface area (Å²) in [5, 5.41) is 10.6. The minimum atomic E-state index is -4.05. The van der Waals surface area contributed by atoms with Gasteiger partial charge in [0.15, 0.2) is 0 Å². The van der Waals surface area contributed by atoms with Gasteiger partial charge in [0.25, 0.3) is 0 Å². The second-order valence-electron chi connectivity index (χ2n) is 12.1. The molecular formula is C26H41F3O. The van der Waals surface area contributed by atoms with E-state index < -0.39 is 17.7 Å². The first-order valence-electron chi connectivity index (χ1n) is 12.4. The molecule has 0 aromatic heterocycles. The van der Waals surface area contributed by atoms with E-state index in [1.54, 1.807) is 0 Å². The summed E-state index contributed by atoms with van der Waals surface area (Å²) in [6.07, 6.45) is 9.27. The quantitative estimate of drug-likeness (QED) is 0.457. The van der Waals surface area contributed by atoms with Crippen molar-refractivity contribution in [2.45, 2.75) is 110 Å². The Labute approximate surface area is 180 Å². The number of allylic oxidation sites excluding steroid dienone is 1. The van der Waals surface area contributed by atoms with Gasteiger partial charge >= 0.3 is 6.18 Å². The summed E-state index contributed by atoms with van der Waals surface area (Å²) in [6, 6.07) is 0. The maximum atomic E-state index is 12.9. The van der Waals surface area contributed by atoms with Crippen molar-refractivity contribution in [3.8, 4) is 0 Å². The Hall–Kier alpha value is -0.510. The Balaban J connectivity index is 1.44. The molecule has 0 aromatic rings. The zero-order valence-electron chi connectivity index (χ0n) is 19.3. The molecule has 3 fully saturated rings. The van der Waals surface area contributed by atoms with Gasteiger partial charge in [-0.1, -0.05) is 38.8 Å². The van der Waals surface area contributed by atoms with Gasteiger partial charge in [-0.25, -0.2) is 0 Å². The molecule has 4 aliphatic rings. The van der Waals surface area contributed by atoms with Gasteiger partial charge in [-0.05, 0) is 106 Å². The number of aliphatic hydroxyl groups is 1. The van der Waals surface area contributed by atoms with Crippen molar-refractivity contribution in [3.63, 3.8) is 0 Å². The van der Waals surface area contributed by atoms with Crippen molar-refractivity contribution in [1.29, 1.82) is 0 Å². The van der Waals surface area contributed by atoms with Crippen molar-refractivity contribution >= 4 is 0 Å². The van der Waals surface area contributed by atoms with Crippen LogP contribution in [0, 0.1) is 40.4 Å². The van der Waals surface area contributed by atoms with Gasteiger partial charge in [0.05, 0.1) is 11.5 Å². The van der Waals surface area contributed by atoms with E-state index in [1.807, 2.05) is 6.92 Å². The molecule has 8 atom stereocenters. The topological polar surface area (TPSA) is 20.2 Å². The maximum absolute atomic E-state index is 12.9. The van der Waals surface area contributed by atoms with Crippen molar-refractivity contribution in [1.82, 2.24) is 0 Å². The Bertz CT molecular complexity index is 680. The monoisotopic (exact) mass is 426 g/mol. The lowest BCUT2D eigenvalue weighted by molar-refractivity contribution is -0.171. The average Bonchev–Trinajstić information content (AvgIpc) is 2.98. The third-order valence-corrected chi connectivity index (χ3v) is 10.3. The van der Waals surface area contributed by atoms with Crippen LogP contribution >= 0.6 is 0 Å². The van der Waals surface area contributed by atoms with Crippen LogP contribution in [0.5, 0.6) is 0 Å². The molecule has 0 spiro atoms. The van der Waals surface area contributed by atoms with E-state index in [0.29, 0.717) is 17.8 Å². The summed E-state index contributed by atoms with van der Waals surface area (Å²) in [4.78, 5) is 0. The maximum Gasteiger partial charge on any atom is 0.391 e. The number of fused-ring (bicyclic) bond motifs is 5. The van der Waals surface area contributed by atoms with Crippen molar-refractivity contribution < 1.29 is 18.3 Å². The van der Waals surface area contributed by atoms with E-state index in [-0.39, 0.29) is 11.8 Å². The summed E-state index contributed by atoms with van der Waals surface area (Å²) in [6.45, 7) is 8.24. The van der Waals surface area contributed by atoms with Crippen LogP contribution in [-0.4, -0.2) is 16.9 Å². The SMILES string of the molecule is CC(CCC[C@H]1CCC2C3CC=C4C[C@@](C)(O)CCC4(C)C3CCC21C)C(F)(F)F. The van der Waals surface area contributed by atoms with Crippen molar-refractivity contribution in [2.24, 2.45) is 40.4 Å². The highest BCUT2D eigenvalue weighted by Gasteiger charge is 2.58. The summed E-state index contributed by atoms with van der Waals surface area (Å²) >= 11 is 0. The highest BCUT2D eigenvalue weighted by Crippen LogP contribution is 2.67. The number of halogens is 3. The lowest BCUT2D eigenvalue weighted by Gasteiger charge is -2.59. The minimum Gasteiger partial charge on any atom is -0.390 e. The fourth-order valence-corrected chi connectivity index (χ4v) is 8.22. The first kappa shape index (κ1) is 22.7. The van der Waals surface area contributed by atoms with Crippen molar-refractivity contribution in [2.75, 3.05) is 0 Å². The zero-order valence-corrected chi connectivity index (χ0v) is 19.3. The highest BCUT2D eigenvalue weighted by molar-refractivity contribution is 5.26. The molecule has 172 valence electrons. The molecule has 3 saturated carbocycles. The molecule has 4 aliphatic carbocycles. The van der Waals surface area contributed by atoms with Crippen LogP contribution in [0.2, 0.25) is 0 Å². The molecule has 0 aliphatic heterocycles. The van der Waals surface area contributed by atoms with Crippen LogP contribution in [0.3, 0.4) is 0 Å². The van der Waals surface area contributed by atoms with E-state index in [2.05, 4.69) is 19.9 Å². The highest BCUT2D eigenvalue weighted by atomic mass is 19.4. The number of rotatable bonds is 4. The summed E-state index contributed by atoms with van der Waals surface area (Å²) in [7, 11) is 0. The Morgan fingerprint density at radius 2 is 1.80 bits per heavy atom. The lowest BCUT2D eigenvalue weighted by atomic mass is 9.46. The van der Waals surface area contributed by atoms with Gasteiger partial charge in [-0.2, -0.15) is 13.2 Å². The van der Waals surface area contributed by atoms with Crippen LogP contribution in [0.1, 0.15) is 98.3 Å². The second kappa shape index (κ2) is 7.52. The third kappa shape index (κ3) is 3.77. The molecule has 1 N–H and O–H groups in total. The summed E-state index contributed by atoms with van der Waals surface area (Å²) in [5.41, 5.74) is 1.50. The van der Waals surface area contributed by atoms with E-state index in [0.717, 1.165) is 49.9 Å². The normalized spacial score (nSPS) is 47.1. The van der Waals surface area contributed by atoms with E-state index in [4.69, 9.17) is 0 Å². The smallest absolute Gasteiger partial charge is 0.390 e.